The first kappa shape index (κ1) is 20.3. The minimum atomic E-state index is -0.0116. The van der Waals surface area contributed by atoms with Crippen molar-refractivity contribution < 1.29 is 9.53 Å². The first-order chi connectivity index (χ1) is 14.5. The van der Waals surface area contributed by atoms with Crippen molar-refractivity contribution in [2.75, 3.05) is 23.1 Å². The fourth-order valence-electron chi connectivity index (χ4n) is 2.79. The summed E-state index contributed by atoms with van der Waals surface area (Å²) in [4.78, 5) is 26.4. The third-order valence-electron chi connectivity index (χ3n) is 4.23. The van der Waals surface area contributed by atoms with Crippen molar-refractivity contribution in [3.05, 3.63) is 30.1 Å². The molecule has 2 aromatic heterocycles. The maximum atomic E-state index is 11.9. The fourth-order valence-corrected chi connectivity index (χ4v) is 4.60. The minimum absolute atomic E-state index is 0.0116. The van der Waals surface area contributed by atoms with Gasteiger partial charge in [-0.3, -0.25) is 9.69 Å². The quantitative estimate of drug-likeness (QED) is 0.395. The third kappa shape index (κ3) is 4.76. The molecule has 0 saturated heterocycles. The SMILES string of the molecule is COc1ccccc1Nc1nc(N)nc(CSc2nnc(N(C(C)=O)C3CC3)s2)n1. The van der Waals surface area contributed by atoms with Crippen molar-refractivity contribution in [3.8, 4) is 5.75 Å². The number of hydrogen-bond donors (Lipinski definition) is 2. The standard InChI is InChI=1S/C18H20N8O2S2/c1-10(27)26(11-7-8-11)17-24-25-18(30-17)29-9-14-21-15(19)23-16(22-14)20-12-5-3-4-6-13(12)28-2/h3-6,11H,7-9H2,1-2H3,(H3,19,20,21,22,23). The van der Waals surface area contributed by atoms with Crippen molar-refractivity contribution in [2.24, 2.45) is 0 Å². The van der Waals surface area contributed by atoms with E-state index in [9.17, 15) is 4.79 Å². The Balaban J connectivity index is 1.45. The Labute approximate surface area is 181 Å². The van der Waals surface area contributed by atoms with Crippen LogP contribution in [0.4, 0.5) is 22.7 Å². The predicted octanol–water partition coefficient (Wildman–Crippen LogP) is 2.87. The van der Waals surface area contributed by atoms with Gasteiger partial charge in [-0.25, -0.2) is 0 Å². The van der Waals surface area contributed by atoms with Gasteiger partial charge >= 0.3 is 0 Å². The van der Waals surface area contributed by atoms with Crippen LogP contribution in [0.5, 0.6) is 5.75 Å². The van der Waals surface area contributed by atoms with E-state index in [-0.39, 0.29) is 17.9 Å². The van der Waals surface area contributed by atoms with Gasteiger partial charge in [0.25, 0.3) is 0 Å². The smallest absolute Gasteiger partial charge is 0.232 e. The van der Waals surface area contributed by atoms with Gasteiger partial charge in [0, 0.05) is 13.0 Å². The Hall–Kier alpha value is -2.99. The molecule has 156 valence electrons. The largest absolute Gasteiger partial charge is 0.495 e. The number of para-hydroxylation sites is 2. The summed E-state index contributed by atoms with van der Waals surface area (Å²) < 4.78 is 6.06. The van der Waals surface area contributed by atoms with Crippen molar-refractivity contribution in [1.29, 1.82) is 0 Å². The number of nitrogen functional groups attached to an aromatic ring is 1. The van der Waals surface area contributed by atoms with Gasteiger partial charge in [-0.05, 0) is 25.0 Å². The van der Waals surface area contributed by atoms with Gasteiger partial charge in [0.1, 0.15) is 11.6 Å². The number of aromatic nitrogens is 5. The lowest BCUT2D eigenvalue weighted by Crippen LogP contribution is -2.30. The number of carbonyl (C=O) groups excluding carboxylic acids is 1. The van der Waals surface area contributed by atoms with E-state index in [0.29, 0.717) is 28.4 Å². The van der Waals surface area contributed by atoms with Crippen LogP contribution in [0.25, 0.3) is 0 Å². The lowest BCUT2D eigenvalue weighted by molar-refractivity contribution is -0.116. The molecular formula is C18H20N8O2S2. The average Bonchev–Trinajstić information content (AvgIpc) is 3.43. The highest BCUT2D eigenvalue weighted by atomic mass is 32.2. The van der Waals surface area contributed by atoms with E-state index >= 15 is 0 Å². The number of benzene rings is 1. The zero-order chi connectivity index (χ0) is 21.1. The lowest BCUT2D eigenvalue weighted by Gasteiger charge is -2.15. The number of nitrogens with two attached hydrogens (primary N) is 1. The van der Waals surface area contributed by atoms with E-state index in [1.807, 2.05) is 24.3 Å². The van der Waals surface area contributed by atoms with Crippen molar-refractivity contribution >= 4 is 51.7 Å². The van der Waals surface area contributed by atoms with E-state index < -0.39 is 0 Å². The van der Waals surface area contributed by atoms with Gasteiger partial charge in [0.05, 0.1) is 18.6 Å². The maximum absolute atomic E-state index is 11.9. The number of ether oxygens (including phenoxy) is 1. The molecule has 30 heavy (non-hydrogen) atoms. The topological polar surface area (TPSA) is 132 Å². The van der Waals surface area contributed by atoms with Gasteiger partial charge < -0.3 is 15.8 Å². The molecule has 1 fully saturated rings. The monoisotopic (exact) mass is 444 g/mol. The van der Waals surface area contributed by atoms with Crippen molar-refractivity contribution in [3.63, 3.8) is 0 Å². The summed E-state index contributed by atoms with van der Waals surface area (Å²) in [5.74, 6) is 2.05. The number of anilines is 4. The van der Waals surface area contributed by atoms with Crippen LogP contribution < -0.4 is 20.7 Å². The van der Waals surface area contributed by atoms with E-state index in [4.69, 9.17) is 10.5 Å². The summed E-state index contributed by atoms with van der Waals surface area (Å²) in [5, 5.41) is 12.1. The molecular weight excluding hydrogens is 424 g/mol. The third-order valence-corrected chi connectivity index (χ3v) is 6.28. The molecule has 1 saturated carbocycles. The molecule has 0 spiro atoms. The minimum Gasteiger partial charge on any atom is -0.495 e. The number of amides is 1. The van der Waals surface area contributed by atoms with E-state index in [0.717, 1.165) is 22.9 Å². The summed E-state index contributed by atoms with van der Waals surface area (Å²) in [7, 11) is 1.59. The second-order valence-electron chi connectivity index (χ2n) is 6.52. The molecule has 2 heterocycles. The van der Waals surface area contributed by atoms with Crippen LogP contribution in [0.1, 0.15) is 25.6 Å². The molecule has 0 aliphatic heterocycles. The normalized spacial score (nSPS) is 13.1. The molecule has 10 nitrogen and oxygen atoms in total. The Morgan fingerprint density at radius 3 is 2.83 bits per heavy atom. The number of thioether (sulfide) groups is 1. The molecule has 0 atom stereocenters. The number of rotatable bonds is 8. The molecule has 3 N–H and O–H groups in total. The highest BCUT2D eigenvalue weighted by Crippen LogP contribution is 2.36. The van der Waals surface area contributed by atoms with Gasteiger partial charge in [0.15, 0.2) is 4.34 Å². The average molecular weight is 445 g/mol. The van der Waals surface area contributed by atoms with Crippen LogP contribution in [0.3, 0.4) is 0 Å². The van der Waals surface area contributed by atoms with E-state index in [2.05, 4.69) is 30.5 Å². The van der Waals surface area contributed by atoms with E-state index in [1.165, 1.54) is 23.1 Å². The van der Waals surface area contributed by atoms with Gasteiger partial charge in [-0.2, -0.15) is 15.0 Å². The maximum Gasteiger partial charge on any atom is 0.232 e. The Bertz CT molecular complexity index is 1060. The molecule has 4 rings (SSSR count). The van der Waals surface area contributed by atoms with E-state index in [1.54, 1.807) is 18.9 Å². The van der Waals surface area contributed by atoms with Crippen LogP contribution in [-0.2, 0) is 10.5 Å². The van der Waals surface area contributed by atoms with Gasteiger partial charge in [-0.15, -0.1) is 10.2 Å². The predicted molar refractivity (Wildman–Crippen MR) is 116 cm³/mol. The molecule has 1 aliphatic rings. The highest BCUT2D eigenvalue weighted by Gasteiger charge is 2.34. The number of hydrogen-bond acceptors (Lipinski definition) is 11. The summed E-state index contributed by atoms with van der Waals surface area (Å²) in [6, 6.07) is 7.70. The van der Waals surface area contributed by atoms with Gasteiger partial charge in [-0.1, -0.05) is 35.2 Å². The van der Waals surface area contributed by atoms with Crippen LogP contribution in [0, 0.1) is 0 Å². The highest BCUT2D eigenvalue weighted by molar-refractivity contribution is 8.00. The molecule has 1 aliphatic carbocycles. The molecule has 1 amide bonds. The second-order valence-corrected chi connectivity index (χ2v) is 8.70. The molecule has 12 heteroatoms. The molecule has 0 bridgehead atoms. The summed E-state index contributed by atoms with van der Waals surface area (Å²) in [5.41, 5.74) is 6.58. The Morgan fingerprint density at radius 2 is 2.10 bits per heavy atom. The first-order valence-electron chi connectivity index (χ1n) is 9.20. The first-order valence-corrected chi connectivity index (χ1v) is 11.0. The molecule has 0 radical (unpaired) electrons. The second kappa shape index (κ2) is 8.79. The lowest BCUT2D eigenvalue weighted by atomic mass is 10.3. The Morgan fingerprint density at radius 1 is 1.30 bits per heavy atom. The Kier molecular flexibility index (Phi) is 5.95. The zero-order valence-corrected chi connectivity index (χ0v) is 18.0. The van der Waals surface area contributed by atoms with Crippen LogP contribution in [0.15, 0.2) is 28.6 Å². The summed E-state index contributed by atoms with van der Waals surface area (Å²) >= 11 is 2.82. The fraction of sp³-hybridized carbons (Fsp3) is 0.333. The van der Waals surface area contributed by atoms with Crippen LogP contribution >= 0.6 is 23.1 Å². The van der Waals surface area contributed by atoms with Crippen LogP contribution in [0.2, 0.25) is 0 Å². The number of nitrogens with zero attached hydrogens (tertiary/aromatic N) is 6. The summed E-state index contributed by atoms with van der Waals surface area (Å²) in [6.45, 7) is 1.55. The molecule has 1 aromatic carbocycles. The zero-order valence-electron chi connectivity index (χ0n) is 16.4. The number of nitrogens with one attached hydrogen (secondary N) is 1. The molecule has 3 aromatic rings. The van der Waals surface area contributed by atoms with Crippen molar-refractivity contribution in [2.45, 2.75) is 35.9 Å². The summed E-state index contributed by atoms with van der Waals surface area (Å²) in [6.07, 6.45) is 2.02. The van der Waals surface area contributed by atoms with Crippen molar-refractivity contribution in [1.82, 2.24) is 25.1 Å². The molecule has 0 unspecified atom stereocenters. The number of carbonyl (C=O) groups is 1. The van der Waals surface area contributed by atoms with Gasteiger partial charge in [0.2, 0.25) is 22.9 Å². The number of methoxy groups -OCH3 is 1. The van der Waals surface area contributed by atoms with Crippen LogP contribution in [-0.4, -0.2) is 44.2 Å².